The van der Waals surface area contributed by atoms with Crippen molar-refractivity contribution >= 4 is 28.9 Å². The van der Waals surface area contributed by atoms with Gasteiger partial charge < -0.3 is 10.5 Å². The van der Waals surface area contributed by atoms with Crippen LogP contribution >= 0.6 is 23.2 Å². The molecule has 0 aliphatic heterocycles. The van der Waals surface area contributed by atoms with E-state index in [2.05, 4.69) is 13.8 Å². The van der Waals surface area contributed by atoms with E-state index in [1.165, 1.54) is 12.1 Å². The fourth-order valence-corrected chi connectivity index (χ4v) is 3.64. The van der Waals surface area contributed by atoms with Gasteiger partial charge in [-0.1, -0.05) is 37.0 Å². The van der Waals surface area contributed by atoms with Gasteiger partial charge in [-0.2, -0.15) is 0 Å². The number of hydrogen-bond acceptors (Lipinski definition) is 4. The highest BCUT2D eigenvalue weighted by atomic mass is 35.5. The van der Waals surface area contributed by atoms with Crippen molar-refractivity contribution < 1.29 is 9.66 Å². The fraction of sp³-hybridized carbons (Fsp3) is 0.571. The SMILES string of the molecule is CCC1(CC)C(N)CC1Oc1c(Cl)cc([N+](=O)[O-])cc1Cl. The summed E-state index contributed by atoms with van der Waals surface area (Å²) in [7, 11) is 0. The van der Waals surface area contributed by atoms with E-state index in [-0.39, 0.29) is 33.3 Å². The zero-order valence-corrected chi connectivity index (χ0v) is 13.4. The van der Waals surface area contributed by atoms with Crippen LogP contribution in [0.4, 0.5) is 5.69 Å². The first-order valence-corrected chi connectivity index (χ1v) is 7.67. The number of nitro groups is 1. The molecule has 0 heterocycles. The number of nitrogens with two attached hydrogens (primary N) is 1. The lowest BCUT2D eigenvalue weighted by Crippen LogP contribution is -2.63. The number of benzene rings is 1. The highest BCUT2D eigenvalue weighted by Gasteiger charge is 2.52. The number of non-ortho nitro benzene ring substituents is 1. The molecule has 1 aliphatic rings. The van der Waals surface area contributed by atoms with E-state index in [4.69, 9.17) is 33.7 Å². The molecule has 1 aromatic rings. The van der Waals surface area contributed by atoms with Crippen LogP contribution in [-0.4, -0.2) is 17.1 Å². The largest absolute Gasteiger partial charge is 0.487 e. The molecule has 0 spiro atoms. The Morgan fingerprint density at radius 1 is 1.38 bits per heavy atom. The van der Waals surface area contributed by atoms with Crippen LogP contribution in [0, 0.1) is 15.5 Å². The summed E-state index contributed by atoms with van der Waals surface area (Å²) in [6.45, 7) is 4.16. The summed E-state index contributed by atoms with van der Waals surface area (Å²) in [6, 6.07) is 2.59. The van der Waals surface area contributed by atoms with Crippen LogP contribution in [0.2, 0.25) is 10.0 Å². The van der Waals surface area contributed by atoms with Crippen LogP contribution in [0.3, 0.4) is 0 Å². The lowest BCUT2D eigenvalue weighted by molar-refractivity contribution is -0.384. The lowest BCUT2D eigenvalue weighted by Gasteiger charge is -2.53. The van der Waals surface area contributed by atoms with Gasteiger partial charge in [0.25, 0.3) is 5.69 Å². The lowest BCUT2D eigenvalue weighted by atomic mass is 9.59. The van der Waals surface area contributed by atoms with Crippen molar-refractivity contribution in [2.24, 2.45) is 11.1 Å². The molecule has 0 amide bonds. The van der Waals surface area contributed by atoms with Crippen molar-refractivity contribution in [3.8, 4) is 5.75 Å². The molecule has 0 saturated heterocycles. The zero-order chi connectivity index (χ0) is 15.8. The summed E-state index contributed by atoms with van der Waals surface area (Å²) >= 11 is 12.1. The van der Waals surface area contributed by atoms with Gasteiger partial charge >= 0.3 is 0 Å². The van der Waals surface area contributed by atoms with E-state index in [1.807, 2.05) is 0 Å². The van der Waals surface area contributed by atoms with Crippen molar-refractivity contribution in [1.82, 2.24) is 0 Å². The van der Waals surface area contributed by atoms with Crippen LogP contribution in [0.1, 0.15) is 33.1 Å². The van der Waals surface area contributed by atoms with Crippen molar-refractivity contribution in [3.05, 3.63) is 32.3 Å². The van der Waals surface area contributed by atoms with Crippen molar-refractivity contribution in [3.63, 3.8) is 0 Å². The molecule has 0 aromatic heterocycles. The average Bonchev–Trinajstić information content (AvgIpc) is 2.42. The van der Waals surface area contributed by atoms with E-state index in [1.54, 1.807) is 0 Å². The molecule has 21 heavy (non-hydrogen) atoms. The second kappa shape index (κ2) is 5.99. The van der Waals surface area contributed by atoms with Gasteiger partial charge in [-0.05, 0) is 12.8 Å². The third kappa shape index (κ3) is 2.70. The fourth-order valence-electron chi connectivity index (χ4n) is 3.08. The van der Waals surface area contributed by atoms with Crippen molar-refractivity contribution in [2.75, 3.05) is 0 Å². The highest BCUT2D eigenvalue weighted by molar-refractivity contribution is 6.37. The number of nitro benzene ring substituents is 1. The highest BCUT2D eigenvalue weighted by Crippen LogP contribution is 2.49. The molecule has 7 heteroatoms. The predicted molar refractivity (Wildman–Crippen MR) is 83.1 cm³/mol. The van der Waals surface area contributed by atoms with Crippen LogP contribution in [-0.2, 0) is 0 Å². The Hall–Kier alpha value is -1.04. The summed E-state index contributed by atoms with van der Waals surface area (Å²) < 4.78 is 5.95. The Labute approximate surface area is 133 Å². The van der Waals surface area contributed by atoms with Gasteiger partial charge in [0.05, 0.1) is 15.0 Å². The minimum atomic E-state index is -0.539. The average molecular weight is 333 g/mol. The Kier molecular flexibility index (Phi) is 4.66. The molecule has 1 aromatic carbocycles. The van der Waals surface area contributed by atoms with Crippen LogP contribution in [0.5, 0.6) is 5.75 Å². The number of halogens is 2. The maximum absolute atomic E-state index is 10.8. The quantitative estimate of drug-likeness (QED) is 0.647. The molecule has 0 radical (unpaired) electrons. The molecule has 2 N–H and O–H groups in total. The first kappa shape index (κ1) is 16.3. The van der Waals surface area contributed by atoms with E-state index in [0.29, 0.717) is 5.75 Å². The molecule has 5 nitrogen and oxygen atoms in total. The predicted octanol–water partition coefficient (Wildman–Crippen LogP) is 4.19. The van der Waals surface area contributed by atoms with Gasteiger partial charge in [0.2, 0.25) is 0 Å². The zero-order valence-electron chi connectivity index (χ0n) is 11.9. The summed E-state index contributed by atoms with van der Waals surface area (Å²) in [5.74, 6) is 0.298. The third-order valence-corrected chi connectivity index (χ3v) is 5.18. The van der Waals surface area contributed by atoms with Gasteiger partial charge in [0, 0.05) is 30.0 Å². The number of nitrogens with zero attached hydrogens (tertiary/aromatic N) is 1. The topological polar surface area (TPSA) is 78.4 Å². The van der Waals surface area contributed by atoms with Gasteiger partial charge in [-0.3, -0.25) is 10.1 Å². The van der Waals surface area contributed by atoms with E-state index < -0.39 is 4.92 Å². The second-order valence-electron chi connectivity index (χ2n) is 5.38. The molecular formula is C14H18Cl2N2O3. The summed E-state index contributed by atoms with van der Waals surface area (Å²) in [5.41, 5.74) is 5.89. The molecule has 2 atom stereocenters. The van der Waals surface area contributed by atoms with Crippen LogP contribution in [0.15, 0.2) is 12.1 Å². The maximum atomic E-state index is 10.8. The molecule has 1 aliphatic carbocycles. The summed E-state index contributed by atoms with van der Waals surface area (Å²) in [4.78, 5) is 10.2. The molecule has 2 unspecified atom stereocenters. The summed E-state index contributed by atoms with van der Waals surface area (Å²) in [6.07, 6.45) is 2.46. The van der Waals surface area contributed by atoms with E-state index in [0.717, 1.165) is 19.3 Å². The third-order valence-electron chi connectivity index (χ3n) is 4.62. The monoisotopic (exact) mass is 332 g/mol. The number of rotatable bonds is 5. The smallest absolute Gasteiger partial charge is 0.272 e. The minimum Gasteiger partial charge on any atom is -0.487 e. The second-order valence-corrected chi connectivity index (χ2v) is 6.20. The van der Waals surface area contributed by atoms with Gasteiger partial charge in [-0.15, -0.1) is 0 Å². The molecule has 116 valence electrons. The Morgan fingerprint density at radius 2 is 1.90 bits per heavy atom. The molecular weight excluding hydrogens is 315 g/mol. The number of hydrogen-bond donors (Lipinski definition) is 1. The summed E-state index contributed by atoms with van der Waals surface area (Å²) in [5, 5.41) is 11.1. The maximum Gasteiger partial charge on any atom is 0.272 e. The van der Waals surface area contributed by atoms with Crippen LogP contribution in [0.25, 0.3) is 0 Å². The van der Waals surface area contributed by atoms with E-state index in [9.17, 15) is 10.1 Å². The normalized spacial score (nSPS) is 23.5. The van der Waals surface area contributed by atoms with Gasteiger partial charge in [0.1, 0.15) is 6.10 Å². The number of ether oxygens (including phenoxy) is 1. The standard InChI is InChI=1S/C14H18Cl2N2O3/c1-3-14(4-2)11(17)7-12(14)21-13-9(15)5-8(18(19)20)6-10(13)16/h5-6,11-12H,3-4,7,17H2,1-2H3. The van der Waals surface area contributed by atoms with Gasteiger partial charge in [0.15, 0.2) is 5.75 Å². The first-order chi connectivity index (χ1) is 9.85. The van der Waals surface area contributed by atoms with Crippen LogP contribution < -0.4 is 10.5 Å². The Balaban J connectivity index is 2.27. The van der Waals surface area contributed by atoms with Crippen molar-refractivity contribution in [1.29, 1.82) is 0 Å². The minimum absolute atomic E-state index is 0.0704. The molecule has 0 bridgehead atoms. The molecule has 1 saturated carbocycles. The van der Waals surface area contributed by atoms with E-state index >= 15 is 0 Å². The Bertz CT molecular complexity index is 538. The molecule has 2 rings (SSSR count). The Morgan fingerprint density at radius 3 is 2.29 bits per heavy atom. The van der Waals surface area contributed by atoms with Gasteiger partial charge in [-0.25, -0.2) is 0 Å². The molecule has 1 fully saturated rings. The first-order valence-electron chi connectivity index (χ1n) is 6.91. The van der Waals surface area contributed by atoms with Crippen molar-refractivity contribution in [2.45, 2.75) is 45.3 Å².